The molecule has 0 unspecified atom stereocenters. The van der Waals surface area contributed by atoms with Gasteiger partial charge in [-0.2, -0.15) is 0 Å². The summed E-state index contributed by atoms with van der Waals surface area (Å²) in [4.78, 5) is 0. The van der Waals surface area contributed by atoms with Crippen LogP contribution in [0.5, 0.6) is 0 Å². The molecule has 5 aromatic carbocycles. The Morgan fingerprint density at radius 2 is 1.44 bits per heavy atom. The second-order valence-corrected chi connectivity index (χ2v) is 12.4. The van der Waals surface area contributed by atoms with E-state index < -0.39 is 11.2 Å². The predicted molar refractivity (Wildman–Crippen MR) is 166 cm³/mol. The van der Waals surface area contributed by atoms with Gasteiger partial charge in [-0.05, 0) is 91.5 Å². The van der Waals surface area contributed by atoms with E-state index in [1.165, 1.54) is 20.2 Å². The Morgan fingerprint density at radius 1 is 0.718 bits per heavy atom. The van der Waals surface area contributed by atoms with E-state index in [2.05, 4.69) is 84.9 Å². The van der Waals surface area contributed by atoms with E-state index in [1.807, 2.05) is 38.7 Å². The van der Waals surface area contributed by atoms with Gasteiger partial charge in [0.1, 0.15) is 11.2 Å². The molecule has 2 heterocycles. The highest BCUT2D eigenvalue weighted by Crippen LogP contribution is 2.38. The van der Waals surface area contributed by atoms with Crippen LogP contribution >= 0.6 is 11.3 Å². The fourth-order valence-electron chi connectivity index (χ4n) is 5.20. The molecular weight excluding hydrogens is 499 g/mol. The van der Waals surface area contributed by atoms with E-state index in [-0.39, 0.29) is 0 Å². The highest BCUT2D eigenvalue weighted by molar-refractivity contribution is 7.25. The van der Waals surface area contributed by atoms with Crippen molar-refractivity contribution in [2.24, 2.45) is 0 Å². The zero-order chi connectivity index (χ0) is 26.9. The number of hydrogen-bond donors (Lipinski definition) is 1. The SMILES string of the molecule is CC(C)(O)C(C)(C)O[B]c1c(-c2ccc3sc4ccccc4c3c2)ccc2oc3cc4ccccc4cc3c12. The number of benzene rings is 5. The molecule has 5 heteroatoms. The lowest BCUT2D eigenvalue weighted by Crippen LogP contribution is -2.49. The van der Waals surface area contributed by atoms with Gasteiger partial charge in [-0.1, -0.05) is 54.6 Å². The third kappa shape index (κ3) is 3.96. The molecule has 0 atom stereocenters. The molecule has 3 nitrogen and oxygen atoms in total. The van der Waals surface area contributed by atoms with Crippen LogP contribution in [0.4, 0.5) is 0 Å². The van der Waals surface area contributed by atoms with Crippen LogP contribution in [0.15, 0.2) is 95.4 Å². The van der Waals surface area contributed by atoms with Crippen molar-refractivity contribution in [3.63, 3.8) is 0 Å². The summed E-state index contributed by atoms with van der Waals surface area (Å²) in [7, 11) is 1.82. The van der Waals surface area contributed by atoms with Gasteiger partial charge >= 0.3 is 7.48 Å². The maximum Gasteiger partial charge on any atom is 0.332 e. The van der Waals surface area contributed by atoms with Crippen LogP contribution in [0.2, 0.25) is 0 Å². The third-order valence-electron chi connectivity index (χ3n) is 8.18. The first-order valence-corrected chi connectivity index (χ1v) is 14.0. The molecule has 0 aliphatic rings. The molecule has 7 rings (SSSR count). The van der Waals surface area contributed by atoms with Crippen molar-refractivity contribution in [2.45, 2.75) is 38.9 Å². The van der Waals surface area contributed by atoms with Gasteiger partial charge in [0.15, 0.2) is 0 Å². The normalized spacial score (nSPS) is 12.8. The second kappa shape index (κ2) is 8.69. The lowest BCUT2D eigenvalue weighted by atomic mass is 9.76. The van der Waals surface area contributed by atoms with Gasteiger partial charge < -0.3 is 14.2 Å². The number of furan rings is 1. The summed E-state index contributed by atoms with van der Waals surface area (Å²) in [5, 5.41) is 17.7. The monoisotopic (exact) mass is 527 g/mol. The molecule has 0 fully saturated rings. The summed E-state index contributed by atoms with van der Waals surface area (Å²) in [6.07, 6.45) is 0. The quantitative estimate of drug-likeness (QED) is 0.228. The summed E-state index contributed by atoms with van der Waals surface area (Å²) in [6, 6.07) is 32.1. The Hall–Kier alpha value is -3.64. The van der Waals surface area contributed by atoms with Gasteiger partial charge in [-0.15, -0.1) is 11.3 Å². The van der Waals surface area contributed by atoms with Crippen LogP contribution in [0.25, 0.3) is 64.0 Å². The van der Waals surface area contributed by atoms with Crippen molar-refractivity contribution in [1.82, 2.24) is 0 Å². The first kappa shape index (κ1) is 24.4. The van der Waals surface area contributed by atoms with Gasteiger partial charge in [0.2, 0.25) is 0 Å². The molecule has 0 saturated carbocycles. The fourth-order valence-corrected chi connectivity index (χ4v) is 6.28. The van der Waals surface area contributed by atoms with Crippen molar-refractivity contribution in [3.8, 4) is 11.1 Å². The lowest BCUT2D eigenvalue weighted by Gasteiger charge is -2.37. The van der Waals surface area contributed by atoms with Crippen molar-refractivity contribution < 1.29 is 14.2 Å². The number of aliphatic hydroxyl groups is 1. The molecule has 2 aromatic heterocycles. The van der Waals surface area contributed by atoms with Crippen LogP contribution in [-0.4, -0.2) is 23.8 Å². The minimum atomic E-state index is -1.04. The van der Waals surface area contributed by atoms with Crippen molar-refractivity contribution in [1.29, 1.82) is 0 Å². The molecule has 0 aliphatic carbocycles. The Kier molecular flexibility index (Phi) is 5.44. The topological polar surface area (TPSA) is 42.6 Å². The Morgan fingerprint density at radius 3 is 2.23 bits per heavy atom. The van der Waals surface area contributed by atoms with Crippen molar-refractivity contribution in [3.05, 3.63) is 91.0 Å². The maximum atomic E-state index is 10.8. The van der Waals surface area contributed by atoms with E-state index in [1.54, 1.807) is 13.8 Å². The number of fused-ring (bicyclic) bond motifs is 7. The largest absolute Gasteiger partial charge is 0.456 e. The first-order valence-electron chi connectivity index (χ1n) is 13.2. The van der Waals surface area contributed by atoms with Gasteiger partial charge in [-0.3, -0.25) is 0 Å². The molecule has 7 aromatic rings. The van der Waals surface area contributed by atoms with E-state index in [9.17, 15) is 5.11 Å². The Bertz CT molecular complexity index is 2040. The van der Waals surface area contributed by atoms with Crippen LogP contribution in [0, 0.1) is 0 Å². The summed E-state index contributed by atoms with van der Waals surface area (Å²) in [6.45, 7) is 7.37. The van der Waals surface area contributed by atoms with Gasteiger partial charge in [-0.25, -0.2) is 0 Å². The molecule has 39 heavy (non-hydrogen) atoms. The van der Waals surface area contributed by atoms with Gasteiger partial charge in [0, 0.05) is 30.9 Å². The zero-order valence-corrected chi connectivity index (χ0v) is 23.2. The fraction of sp³-hybridized carbons (Fsp3) is 0.176. The summed E-state index contributed by atoms with van der Waals surface area (Å²) in [5.74, 6) is 0. The van der Waals surface area contributed by atoms with Crippen LogP contribution in [-0.2, 0) is 4.65 Å². The average molecular weight is 527 g/mol. The molecular formula is C34H28BO3S. The van der Waals surface area contributed by atoms with E-state index in [0.717, 1.165) is 49.3 Å². The zero-order valence-electron chi connectivity index (χ0n) is 22.4. The standard InChI is InChI=1S/C34H28BO3S/c1-33(2,36)34(3,4)38-35-32-23(22-13-16-30-25(18-22)24-11-7-8-12-29(24)39-30)14-15-27-31(32)26-17-20-9-5-6-10-21(20)19-28(26)37-27/h5-19,36H,1-4H3. The smallest absolute Gasteiger partial charge is 0.332 e. The second-order valence-electron chi connectivity index (χ2n) is 11.3. The Labute approximate surface area is 231 Å². The molecule has 0 spiro atoms. The lowest BCUT2D eigenvalue weighted by molar-refractivity contribution is -0.0892. The van der Waals surface area contributed by atoms with Gasteiger partial charge in [0.05, 0.1) is 11.2 Å². The number of rotatable bonds is 5. The summed E-state index contributed by atoms with van der Waals surface area (Å²) < 4.78 is 15.3. The van der Waals surface area contributed by atoms with Crippen LogP contribution < -0.4 is 5.46 Å². The van der Waals surface area contributed by atoms with Gasteiger partial charge in [0.25, 0.3) is 0 Å². The molecule has 1 N–H and O–H groups in total. The van der Waals surface area contributed by atoms with E-state index >= 15 is 0 Å². The van der Waals surface area contributed by atoms with E-state index in [4.69, 9.17) is 9.07 Å². The molecule has 0 bridgehead atoms. The summed E-state index contributed by atoms with van der Waals surface area (Å²) in [5.41, 5.74) is 2.91. The van der Waals surface area contributed by atoms with Crippen LogP contribution in [0.1, 0.15) is 27.7 Å². The van der Waals surface area contributed by atoms with E-state index in [0.29, 0.717) is 0 Å². The highest BCUT2D eigenvalue weighted by Gasteiger charge is 2.36. The molecule has 0 aliphatic heterocycles. The average Bonchev–Trinajstić information content (AvgIpc) is 3.47. The summed E-state index contributed by atoms with van der Waals surface area (Å²) >= 11 is 1.82. The minimum Gasteiger partial charge on any atom is -0.456 e. The van der Waals surface area contributed by atoms with Crippen molar-refractivity contribution in [2.75, 3.05) is 0 Å². The number of hydrogen-bond acceptors (Lipinski definition) is 4. The Balaban J connectivity index is 1.49. The minimum absolute atomic E-state index is 0.807. The molecule has 191 valence electrons. The van der Waals surface area contributed by atoms with Crippen LogP contribution in [0.3, 0.4) is 0 Å². The maximum absolute atomic E-state index is 10.8. The molecule has 0 amide bonds. The third-order valence-corrected chi connectivity index (χ3v) is 9.33. The van der Waals surface area contributed by atoms with Crippen molar-refractivity contribution >= 4 is 77.2 Å². The molecule has 1 radical (unpaired) electrons. The first-order chi connectivity index (χ1) is 18.7. The predicted octanol–water partition coefficient (Wildman–Crippen LogP) is 8.58. The molecule has 0 saturated heterocycles. The number of thiophene rings is 1. The highest BCUT2D eigenvalue weighted by atomic mass is 32.1.